The summed E-state index contributed by atoms with van der Waals surface area (Å²) in [4.78, 5) is 0. The molecule has 0 unspecified atom stereocenters. The number of nitrogens with two attached hydrogens (primary N) is 1. The van der Waals surface area contributed by atoms with E-state index in [2.05, 4.69) is 41.4 Å². The molecule has 1 aromatic rings. The summed E-state index contributed by atoms with van der Waals surface area (Å²) >= 11 is 0. The topological polar surface area (TPSA) is 44.2 Å². The Bertz CT molecular complexity index is 244. The van der Waals surface area contributed by atoms with E-state index < -0.39 is 0 Å². The Morgan fingerprint density at radius 2 is 1.59 bits per heavy atom. The zero-order chi connectivity index (χ0) is 10.8. The van der Waals surface area contributed by atoms with Gasteiger partial charge < -0.3 is 40.4 Å². The Hall–Kier alpha value is -0.0900. The second-order valence-electron chi connectivity index (χ2n) is 4.03. The first-order valence-electron chi connectivity index (χ1n) is 6.08. The number of halogens is 2. The van der Waals surface area contributed by atoms with Gasteiger partial charge in [-0.1, -0.05) is 30.3 Å². The monoisotopic (exact) mass is 322 g/mol. The van der Waals surface area contributed by atoms with Gasteiger partial charge in [0.15, 0.2) is 0 Å². The molecule has 17 heavy (non-hydrogen) atoms. The lowest BCUT2D eigenvalue weighted by Crippen LogP contribution is -3.00. The normalized spacial score (nSPS) is 9.24. The Morgan fingerprint density at radius 1 is 0.941 bits per heavy atom. The maximum absolute atomic E-state index is 3.85. The van der Waals surface area contributed by atoms with Gasteiger partial charge in [-0.25, -0.2) is 0 Å². The molecular formula is C13H24BrClN2. The van der Waals surface area contributed by atoms with E-state index in [1.807, 2.05) is 0 Å². The highest BCUT2D eigenvalue weighted by Gasteiger charge is 1.94. The summed E-state index contributed by atoms with van der Waals surface area (Å²) in [5.41, 5.74) is 5.28. The lowest BCUT2D eigenvalue weighted by atomic mass is 10.2. The van der Waals surface area contributed by atoms with Crippen LogP contribution in [0.4, 0.5) is 0 Å². The van der Waals surface area contributed by atoms with Crippen LogP contribution in [0.1, 0.15) is 31.2 Å². The van der Waals surface area contributed by atoms with Crippen molar-refractivity contribution in [2.75, 3.05) is 13.1 Å². The van der Waals surface area contributed by atoms with Crippen LogP contribution >= 0.6 is 0 Å². The van der Waals surface area contributed by atoms with E-state index in [1.54, 1.807) is 0 Å². The number of benzene rings is 1. The molecule has 0 bridgehead atoms. The van der Waals surface area contributed by atoms with Crippen LogP contribution in [-0.4, -0.2) is 13.1 Å². The standard InChI is InChI=1S/C13H22N2.BrH.ClH/c14-10-6-1-2-7-11-15-12-13-8-4-3-5-9-13;;/h3-5,8-9,15H,1-2,6-7,10-12,14H2;2*1H. The van der Waals surface area contributed by atoms with E-state index in [0.717, 1.165) is 13.1 Å². The molecule has 0 aliphatic heterocycles. The van der Waals surface area contributed by atoms with Gasteiger partial charge in [0.05, 0.1) is 13.1 Å². The molecule has 0 saturated carbocycles. The lowest BCUT2D eigenvalue weighted by Gasteiger charge is -2.01. The molecule has 0 aliphatic carbocycles. The Kier molecular flexibility index (Phi) is 15.8. The number of hydrogen-bond donors (Lipinski definition) is 2. The number of unbranched alkanes of at least 4 members (excludes halogenated alkanes) is 3. The molecule has 4 heteroatoms. The van der Waals surface area contributed by atoms with Crippen LogP contribution in [0.5, 0.6) is 0 Å². The van der Waals surface area contributed by atoms with E-state index in [9.17, 15) is 0 Å². The van der Waals surface area contributed by atoms with Crippen LogP contribution in [-0.2, 0) is 6.54 Å². The summed E-state index contributed by atoms with van der Waals surface area (Å²) in [7, 11) is 0. The third-order valence-corrected chi connectivity index (χ3v) is 2.63. The second-order valence-corrected chi connectivity index (χ2v) is 4.03. The highest BCUT2D eigenvalue weighted by atomic mass is 79.9. The second kappa shape index (κ2) is 14.0. The van der Waals surface area contributed by atoms with Gasteiger partial charge in [-0.05, 0) is 25.7 Å². The van der Waals surface area contributed by atoms with Gasteiger partial charge >= 0.3 is 0 Å². The molecule has 1 rings (SSSR count). The average Bonchev–Trinajstić information content (AvgIpc) is 2.29. The quantitative estimate of drug-likeness (QED) is 0.449. The summed E-state index contributed by atoms with van der Waals surface area (Å²) in [5.74, 6) is 0. The van der Waals surface area contributed by atoms with Crippen LogP contribution in [0, 0.1) is 0 Å². The van der Waals surface area contributed by atoms with Crippen LogP contribution in [0.25, 0.3) is 0 Å². The molecule has 0 spiro atoms. The van der Waals surface area contributed by atoms with Gasteiger partial charge in [-0.3, -0.25) is 0 Å². The average molecular weight is 324 g/mol. The first-order valence-corrected chi connectivity index (χ1v) is 6.08. The first-order chi connectivity index (χ1) is 7.43. The molecule has 0 aromatic heterocycles. The van der Waals surface area contributed by atoms with Gasteiger partial charge in [0.1, 0.15) is 6.54 Å². The molecule has 0 atom stereocenters. The van der Waals surface area contributed by atoms with Crippen molar-refractivity contribution in [2.24, 2.45) is 0 Å². The van der Waals surface area contributed by atoms with Crippen molar-refractivity contribution in [1.29, 1.82) is 0 Å². The summed E-state index contributed by atoms with van der Waals surface area (Å²) in [6.45, 7) is 3.47. The molecule has 0 aliphatic rings. The third kappa shape index (κ3) is 10.8. The molecule has 0 radical (unpaired) electrons. The summed E-state index contributed by atoms with van der Waals surface area (Å²) in [5, 5.41) is 2.40. The number of quaternary nitrogens is 2. The molecule has 5 N–H and O–H groups in total. The minimum absolute atomic E-state index is 0. The van der Waals surface area contributed by atoms with E-state index in [1.165, 1.54) is 37.8 Å². The molecule has 0 amide bonds. The largest absolute Gasteiger partial charge is 1.00 e. The minimum Gasteiger partial charge on any atom is -1.00 e. The molecule has 0 saturated heterocycles. The summed E-state index contributed by atoms with van der Waals surface area (Å²) in [6, 6.07) is 10.7. The van der Waals surface area contributed by atoms with Gasteiger partial charge in [0, 0.05) is 5.56 Å². The molecule has 100 valence electrons. The van der Waals surface area contributed by atoms with Gasteiger partial charge in [0.2, 0.25) is 0 Å². The zero-order valence-electron chi connectivity index (χ0n) is 10.4. The fraction of sp³-hybridized carbons (Fsp3) is 0.538. The predicted molar refractivity (Wildman–Crippen MR) is 63.2 cm³/mol. The third-order valence-electron chi connectivity index (χ3n) is 2.63. The predicted octanol–water partition coefficient (Wildman–Crippen LogP) is -5.44. The molecule has 0 heterocycles. The molecular weight excluding hydrogens is 300 g/mol. The highest BCUT2D eigenvalue weighted by molar-refractivity contribution is 5.12. The number of hydrogen-bond acceptors (Lipinski definition) is 0. The maximum atomic E-state index is 3.85. The smallest absolute Gasteiger partial charge is 0.101 e. The van der Waals surface area contributed by atoms with E-state index in [0.29, 0.717) is 0 Å². The summed E-state index contributed by atoms with van der Waals surface area (Å²) in [6.07, 6.45) is 5.34. The van der Waals surface area contributed by atoms with Crippen molar-refractivity contribution >= 4 is 0 Å². The highest BCUT2D eigenvalue weighted by Crippen LogP contribution is 1.96. The Balaban J connectivity index is 0. The van der Waals surface area contributed by atoms with Gasteiger partial charge in [0.25, 0.3) is 0 Å². The van der Waals surface area contributed by atoms with Crippen molar-refractivity contribution in [1.82, 2.24) is 0 Å². The van der Waals surface area contributed by atoms with Crippen molar-refractivity contribution in [3.63, 3.8) is 0 Å². The Morgan fingerprint density at radius 3 is 2.24 bits per heavy atom. The minimum atomic E-state index is 0. The fourth-order valence-corrected chi connectivity index (χ4v) is 1.70. The lowest BCUT2D eigenvalue weighted by molar-refractivity contribution is -0.671. The SMILES string of the molecule is [Br-].[Cl-].[NH3+]CCCCCC[NH2+]Cc1ccccc1. The van der Waals surface area contributed by atoms with Crippen LogP contribution in [0.2, 0.25) is 0 Å². The van der Waals surface area contributed by atoms with Crippen LogP contribution < -0.4 is 40.4 Å². The van der Waals surface area contributed by atoms with Crippen molar-refractivity contribution in [3.8, 4) is 0 Å². The van der Waals surface area contributed by atoms with E-state index in [-0.39, 0.29) is 29.4 Å². The van der Waals surface area contributed by atoms with E-state index >= 15 is 0 Å². The zero-order valence-corrected chi connectivity index (χ0v) is 12.7. The molecule has 1 aromatic carbocycles. The van der Waals surface area contributed by atoms with Crippen molar-refractivity contribution in [2.45, 2.75) is 32.2 Å². The summed E-state index contributed by atoms with van der Waals surface area (Å²) < 4.78 is 0. The van der Waals surface area contributed by atoms with Gasteiger partial charge in [-0.2, -0.15) is 0 Å². The van der Waals surface area contributed by atoms with Crippen molar-refractivity contribution < 1.29 is 40.4 Å². The Labute approximate surface area is 122 Å². The number of rotatable bonds is 8. The van der Waals surface area contributed by atoms with Crippen LogP contribution in [0.3, 0.4) is 0 Å². The first kappa shape index (κ1) is 19.3. The fourth-order valence-electron chi connectivity index (χ4n) is 1.70. The van der Waals surface area contributed by atoms with Gasteiger partial charge in [-0.15, -0.1) is 0 Å². The van der Waals surface area contributed by atoms with Crippen LogP contribution in [0.15, 0.2) is 30.3 Å². The van der Waals surface area contributed by atoms with Crippen molar-refractivity contribution in [3.05, 3.63) is 35.9 Å². The maximum Gasteiger partial charge on any atom is 0.101 e. The molecule has 2 nitrogen and oxygen atoms in total. The van der Waals surface area contributed by atoms with E-state index in [4.69, 9.17) is 0 Å². The molecule has 0 fully saturated rings.